The van der Waals surface area contributed by atoms with Gasteiger partial charge in [0.25, 0.3) is 0 Å². The summed E-state index contributed by atoms with van der Waals surface area (Å²) in [5, 5.41) is 11.0. The van der Waals surface area contributed by atoms with E-state index in [0.717, 1.165) is 12.8 Å². The molecule has 2 fully saturated rings. The average Bonchev–Trinajstić information content (AvgIpc) is 2.75. The molecule has 1 aliphatic heterocycles. The Hall–Kier alpha value is -0.980. The van der Waals surface area contributed by atoms with E-state index in [9.17, 15) is 18.0 Å². The lowest BCUT2D eigenvalue weighted by Crippen LogP contribution is -2.59. The van der Waals surface area contributed by atoms with E-state index in [1.165, 1.54) is 4.90 Å². The molecule has 1 aliphatic carbocycles. The molecule has 0 aromatic heterocycles. The molecule has 2 aliphatic rings. The van der Waals surface area contributed by atoms with Crippen LogP contribution in [0.4, 0.5) is 18.0 Å². The first kappa shape index (κ1) is 14.4. The Balaban J connectivity index is 1.91. The fraction of sp³-hybridized carbons (Fsp3) is 0.917. The number of aliphatic hydroxyl groups is 1. The molecule has 1 atom stereocenters. The third kappa shape index (κ3) is 3.32. The number of carbonyl (C=O) groups is 1. The maximum Gasteiger partial charge on any atom is 0.408 e. The minimum absolute atomic E-state index is 0.00145. The van der Waals surface area contributed by atoms with Crippen molar-refractivity contribution in [1.29, 1.82) is 0 Å². The van der Waals surface area contributed by atoms with Gasteiger partial charge in [-0.15, -0.1) is 0 Å². The van der Waals surface area contributed by atoms with Crippen LogP contribution in [0.15, 0.2) is 0 Å². The predicted molar refractivity (Wildman–Crippen MR) is 62.5 cm³/mol. The lowest BCUT2D eigenvalue weighted by atomic mass is 9.97. The van der Waals surface area contributed by atoms with Gasteiger partial charge in [0.05, 0.1) is 0 Å². The van der Waals surface area contributed by atoms with Crippen molar-refractivity contribution in [1.82, 2.24) is 10.2 Å². The summed E-state index contributed by atoms with van der Waals surface area (Å²) in [6, 6.07) is -2.41. The van der Waals surface area contributed by atoms with E-state index in [1.54, 1.807) is 0 Å². The van der Waals surface area contributed by atoms with Gasteiger partial charge in [0, 0.05) is 25.6 Å². The first-order chi connectivity index (χ1) is 8.91. The van der Waals surface area contributed by atoms with Crippen molar-refractivity contribution in [3.05, 3.63) is 0 Å². The van der Waals surface area contributed by atoms with Gasteiger partial charge in [-0.2, -0.15) is 13.2 Å². The summed E-state index contributed by atoms with van der Waals surface area (Å²) in [6.45, 7) is 0.629. The van der Waals surface area contributed by atoms with Crippen molar-refractivity contribution in [3.8, 4) is 0 Å². The van der Waals surface area contributed by atoms with Gasteiger partial charge in [0.2, 0.25) is 0 Å². The summed E-state index contributed by atoms with van der Waals surface area (Å²) in [7, 11) is 0. The lowest BCUT2D eigenvalue weighted by Gasteiger charge is -2.39. The molecule has 0 aromatic rings. The molecule has 110 valence electrons. The summed E-state index contributed by atoms with van der Waals surface area (Å²) < 4.78 is 39.0. The highest BCUT2D eigenvalue weighted by molar-refractivity contribution is 5.75. The van der Waals surface area contributed by atoms with Crippen LogP contribution in [-0.2, 0) is 0 Å². The van der Waals surface area contributed by atoms with Crippen molar-refractivity contribution in [2.24, 2.45) is 11.8 Å². The van der Waals surface area contributed by atoms with Crippen LogP contribution < -0.4 is 5.32 Å². The number of alkyl halides is 3. The predicted octanol–water partition coefficient (Wildman–Crippen LogP) is 1.74. The molecule has 0 spiro atoms. The monoisotopic (exact) mass is 280 g/mol. The number of hydrogen-bond donors (Lipinski definition) is 2. The number of nitrogens with zero attached hydrogens (tertiary/aromatic N) is 1. The van der Waals surface area contributed by atoms with Crippen LogP contribution in [0.5, 0.6) is 0 Å². The maximum atomic E-state index is 13.0. The molecule has 19 heavy (non-hydrogen) atoms. The van der Waals surface area contributed by atoms with E-state index < -0.39 is 24.2 Å². The normalized spacial score (nSPS) is 23.3. The Morgan fingerprint density at radius 2 is 1.89 bits per heavy atom. The smallest absolute Gasteiger partial charge is 0.396 e. The largest absolute Gasteiger partial charge is 0.408 e. The van der Waals surface area contributed by atoms with Gasteiger partial charge in [-0.3, -0.25) is 0 Å². The van der Waals surface area contributed by atoms with Crippen LogP contribution in [-0.4, -0.2) is 48.0 Å². The van der Waals surface area contributed by atoms with E-state index in [0.29, 0.717) is 25.9 Å². The molecule has 2 N–H and O–H groups in total. The number of urea groups is 1. The highest BCUT2D eigenvalue weighted by Gasteiger charge is 2.47. The van der Waals surface area contributed by atoms with Gasteiger partial charge in [-0.05, 0) is 18.8 Å². The maximum absolute atomic E-state index is 13.0. The van der Waals surface area contributed by atoms with Gasteiger partial charge in [-0.1, -0.05) is 12.8 Å². The molecule has 1 unspecified atom stereocenters. The first-order valence-electron chi connectivity index (χ1n) is 6.65. The van der Waals surface area contributed by atoms with E-state index >= 15 is 0 Å². The summed E-state index contributed by atoms with van der Waals surface area (Å²) in [4.78, 5) is 13.0. The van der Waals surface area contributed by atoms with Crippen LogP contribution in [0, 0.1) is 11.8 Å². The molecule has 1 saturated carbocycles. The van der Waals surface area contributed by atoms with Crippen molar-refractivity contribution in [2.75, 3.05) is 19.7 Å². The molecule has 0 radical (unpaired) electrons. The first-order valence-corrected chi connectivity index (χ1v) is 6.65. The number of likely N-dealkylation sites (tertiary alicyclic amines) is 1. The summed E-state index contributed by atoms with van der Waals surface area (Å²) in [5.74, 6) is -0.500. The van der Waals surface area contributed by atoms with E-state index in [-0.39, 0.29) is 12.5 Å². The second-order valence-corrected chi connectivity index (χ2v) is 5.47. The zero-order valence-electron chi connectivity index (χ0n) is 10.6. The second kappa shape index (κ2) is 5.56. The molecule has 2 amide bonds. The second-order valence-electron chi connectivity index (χ2n) is 5.47. The number of aliphatic hydroxyl groups excluding tert-OH is 1. The fourth-order valence-corrected chi connectivity index (χ4v) is 2.83. The number of nitrogens with one attached hydrogen (secondary N) is 1. The molecule has 4 nitrogen and oxygen atoms in total. The minimum Gasteiger partial charge on any atom is -0.396 e. The molecular formula is C12H19F3N2O2. The topological polar surface area (TPSA) is 52.6 Å². The van der Waals surface area contributed by atoms with Crippen molar-refractivity contribution >= 4 is 6.03 Å². The van der Waals surface area contributed by atoms with Crippen LogP contribution in [0.25, 0.3) is 0 Å². The molecule has 0 bridgehead atoms. The summed E-state index contributed by atoms with van der Waals surface area (Å²) in [5.41, 5.74) is 0. The molecular weight excluding hydrogens is 261 g/mol. The van der Waals surface area contributed by atoms with Gasteiger partial charge in [-0.25, -0.2) is 4.79 Å². The van der Waals surface area contributed by atoms with Crippen LogP contribution in [0.3, 0.4) is 0 Å². The lowest BCUT2D eigenvalue weighted by molar-refractivity contribution is -0.165. The zero-order valence-corrected chi connectivity index (χ0v) is 10.6. The highest BCUT2D eigenvalue weighted by Crippen LogP contribution is 2.35. The number of carbonyl (C=O) groups excluding carboxylic acids is 1. The van der Waals surface area contributed by atoms with Crippen molar-refractivity contribution < 1.29 is 23.1 Å². The van der Waals surface area contributed by atoms with Gasteiger partial charge in [0.1, 0.15) is 6.04 Å². The van der Waals surface area contributed by atoms with Crippen LogP contribution in [0.2, 0.25) is 0 Å². The minimum atomic E-state index is -4.40. The van der Waals surface area contributed by atoms with Crippen LogP contribution in [0.1, 0.15) is 25.7 Å². The Kier molecular flexibility index (Phi) is 4.23. The summed E-state index contributed by atoms with van der Waals surface area (Å²) in [6.07, 6.45) is -1.77. The number of amides is 2. The van der Waals surface area contributed by atoms with Gasteiger partial charge in [0.15, 0.2) is 0 Å². The number of halogens is 3. The van der Waals surface area contributed by atoms with E-state index in [4.69, 9.17) is 5.11 Å². The Labute approximate surface area is 110 Å². The van der Waals surface area contributed by atoms with E-state index in [2.05, 4.69) is 5.32 Å². The van der Waals surface area contributed by atoms with Crippen molar-refractivity contribution in [3.63, 3.8) is 0 Å². The van der Waals surface area contributed by atoms with Crippen LogP contribution >= 0.6 is 0 Å². The Morgan fingerprint density at radius 3 is 2.37 bits per heavy atom. The number of rotatable bonds is 3. The third-order valence-electron chi connectivity index (χ3n) is 4.01. The fourth-order valence-electron chi connectivity index (χ4n) is 2.83. The molecule has 2 rings (SSSR count). The Morgan fingerprint density at radius 1 is 1.32 bits per heavy atom. The highest BCUT2D eigenvalue weighted by atomic mass is 19.4. The Bertz CT molecular complexity index is 323. The van der Waals surface area contributed by atoms with Gasteiger partial charge < -0.3 is 15.3 Å². The van der Waals surface area contributed by atoms with E-state index in [1.807, 2.05) is 0 Å². The standard InChI is InChI=1S/C12H19F3N2O2/c13-12(14,15)10(9-3-1-2-4-9)16-11(19)17-5-8(6-17)7-18/h8-10,18H,1-7H2,(H,16,19). The number of hydrogen-bond acceptors (Lipinski definition) is 2. The van der Waals surface area contributed by atoms with Crippen molar-refractivity contribution in [2.45, 2.75) is 37.9 Å². The molecule has 0 aromatic carbocycles. The zero-order chi connectivity index (χ0) is 14.0. The third-order valence-corrected chi connectivity index (χ3v) is 4.01. The SMILES string of the molecule is O=C(NC(C1CCCC1)C(F)(F)F)N1CC(CO)C1. The quantitative estimate of drug-likeness (QED) is 0.827. The molecule has 7 heteroatoms. The molecule has 1 saturated heterocycles. The van der Waals surface area contributed by atoms with Gasteiger partial charge >= 0.3 is 12.2 Å². The average molecular weight is 280 g/mol. The molecule has 1 heterocycles. The summed E-state index contributed by atoms with van der Waals surface area (Å²) >= 11 is 0.